The van der Waals surface area contributed by atoms with Crippen LogP contribution in [-0.2, 0) is 4.74 Å². The number of aliphatic hydroxyl groups is 1. The molecule has 0 aromatic rings. The van der Waals surface area contributed by atoms with E-state index in [0.717, 1.165) is 5.75 Å². The number of rotatable bonds is 10. The van der Waals surface area contributed by atoms with Crippen molar-refractivity contribution in [3.63, 3.8) is 0 Å². The van der Waals surface area contributed by atoms with Crippen LogP contribution in [0.25, 0.3) is 0 Å². The number of thioether (sulfide) groups is 1. The van der Waals surface area contributed by atoms with Crippen LogP contribution < -0.4 is 0 Å². The van der Waals surface area contributed by atoms with Gasteiger partial charge in [-0.1, -0.05) is 26.7 Å². The van der Waals surface area contributed by atoms with Crippen LogP contribution in [-0.4, -0.2) is 35.7 Å². The van der Waals surface area contributed by atoms with E-state index < -0.39 is 0 Å². The molecule has 3 nitrogen and oxygen atoms in total. The monoisotopic (exact) mass is 247 g/mol. The molecule has 4 heteroatoms. The van der Waals surface area contributed by atoms with Gasteiger partial charge in [-0.3, -0.25) is 5.41 Å². The molecule has 0 saturated carbocycles. The van der Waals surface area contributed by atoms with Gasteiger partial charge in [-0.25, -0.2) is 0 Å². The van der Waals surface area contributed by atoms with Crippen molar-refractivity contribution in [1.29, 1.82) is 5.41 Å². The molecule has 2 N–H and O–H groups in total. The lowest BCUT2D eigenvalue weighted by Gasteiger charge is -2.10. The van der Waals surface area contributed by atoms with Crippen LogP contribution in [0.1, 0.15) is 39.5 Å². The number of hydrogen-bond acceptors (Lipinski definition) is 4. The lowest BCUT2D eigenvalue weighted by molar-refractivity contribution is 0.165. The molecule has 1 atom stereocenters. The van der Waals surface area contributed by atoms with Crippen molar-refractivity contribution in [3.05, 3.63) is 0 Å². The van der Waals surface area contributed by atoms with E-state index in [1.807, 2.05) is 18.7 Å². The zero-order chi connectivity index (χ0) is 12.2. The SMILES string of the molecule is CCCCCSCCC(=N)OCC(C)CO. The molecule has 0 radical (unpaired) electrons. The minimum atomic E-state index is 0.123. The van der Waals surface area contributed by atoms with Crippen LogP contribution in [0.2, 0.25) is 0 Å². The van der Waals surface area contributed by atoms with Crippen molar-refractivity contribution >= 4 is 17.7 Å². The van der Waals surface area contributed by atoms with Gasteiger partial charge in [-0.05, 0) is 12.2 Å². The molecule has 0 spiro atoms. The second kappa shape index (κ2) is 11.3. The first-order valence-corrected chi connectivity index (χ1v) is 7.25. The molecular formula is C12H25NO2S. The normalized spacial score (nSPS) is 12.4. The Morgan fingerprint density at radius 1 is 1.38 bits per heavy atom. The third-order valence-electron chi connectivity index (χ3n) is 2.22. The molecule has 0 saturated heterocycles. The molecule has 0 fully saturated rings. The first kappa shape index (κ1) is 15.8. The molecule has 1 unspecified atom stereocenters. The fourth-order valence-corrected chi connectivity index (χ4v) is 2.03. The molecule has 96 valence electrons. The highest BCUT2D eigenvalue weighted by molar-refractivity contribution is 7.99. The Balaban J connectivity index is 3.24. The van der Waals surface area contributed by atoms with Crippen molar-refractivity contribution in [2.24, 2.45) is 5.92 Å². The van der Waals surface area contributed by atoms with Crippen molar-refractivity contribution in [1.82, 2.24) is 0 Å². The van der Waals surface area contributed by atoms with E-state index in [9.17, 15) is 0 Å². The maximum absolute atomic E-state index is 8.79. The van der Waals surface area contributed by atoms with Gasteiger partial charge >= 0.3 is 0 Å². The van der Waals surface area contributed by atoms with Crippen molar-refractivity contribution < 1.29 is 9.84 Å². The molecular weight excluding hydrogens is 222 g/mol. The van der Waals surface area contributed by atoms with E-state index in [1.165, 1.54) is 25.0 Å². The van der Waals surface area contributed by atoms with Gasteiger partial charge in [0.15, 0.2) is 5.90 Å². The summed E-state index contributed by atoms with van der Waals surface area (Å²) in [6, 6.07) is 0. The van der Waals surface area contributed by atoms with Crippen LogP contribution in [0.4, 0.5) is 0 Å². The topological polar surface area (TPSA) is 53.3 Å². The number of unbranched alkanes of at least 4 members (excludes halogenated alkanes) is 2. The zero-order valence-corrected chi connectivity index (χ0v) is 11.3. The Morgan fingerprint density at radius 3 is 2.75 bits per heavy atom. The van der Waals surface area contributed by atoms with E-state index in [4.69, 9.17) is 15.3 Å². The van der Waals surface area contributed by atoms with Gasteiger partial charge in [0.2, 0.25) is 0 Å². The summed E-state index contributed by atoms with van der Waals surface area (Å²) in [5.41, 5.74) is 0. The predicted molar refractivity (Wildman–Crippen MR) is 71.4 cm³/mol. The van der Waals surface area contributed by atoms with Gasteiger partial charge in [0.1, 0.15) is 0 Å². The van der Waals surface area contributed by atoms with E-state index >= 15 is 0 Å². The fourth-order valence-electron chi connectivity index (χ4n) is 1.09. The standard InChI is InChI=1S/C12H25NO2S/c1-3-4-5-7-16-8-6-12(13)15-10-11(2)9-14/h11,13-14H,3-10H2,1-2H3. The summed E-state index contributed by atoms with van der Waals surface area (Å²) in [7, 11) is 0. The van der Waals surface area contributed by atoms with Gasteiger partial charge < -0.3 is 9.84 Å². The lowest BCUT2D eigenvalue weighted by atomic mass is 10.2. The van der Waals surface area contributed by atoms with Gasteiger partial charge in [-0.2, -0.15) is 11.8 Å². The Hall–Kier alpha value is -0.220. The first-order valence-electron chi connectivity index (χ1n) is 6.09. The van der Waals surface area contributed by atoms with Gasteiger partial charge in [0.25, 0.3) is 0 Å². The Bertz CT molecular complexity index is 176. The Kier molecular flexibility index (Phi) is 11.1. The van der Waals surface area contributed by atoms with Gasteiger partial charge in [0.05, 0.1) is 6.61 Å². The Labute approximate surface area is 103 Å². The predicted octanol–water partition coefficient (Wildman–Crippen LogP) is 2.92. The van der Waals surface area contributed by atoms with Crippen LogP contribution >= 0.6 is 11.8 Å². The third kappa shape index (κ3) is 10.3. The number of ether oxygens (including phenoxy) is 1. The first-order chi connectivity index (χ1) is 7.70. The molecule has 16 heavy (non-hydrogen) atoms. The fraction of sp³-hybridized carbons (Fsp3) is 0.917. The van der Waals surface area contributed by atoms with Crippen LogP contribution in [0.15, 0.2) is 0 Å². The van der Waals surface area contributed by atoms with Crippen molar-refractivity contribution in [3.8, 4) is 0 Å². The van der Waals surface area contributed by atoms with Crippen LogP contribution in [0, 0.1) is 11.3 Å². The lowest BCUT2D eigenvalue weighted by Crippen LogP contribution is -2.14. The summed E-state index contributed by atoms with van der Waals surface area (Å²) < 4.78 is 5.23. The van der Waals surface area contributed by atoms with Crippen molar-refractivity contribution in [2.75, 3.05) is 24.7 Å². The molecule has 0 aliphatic carbocycles. The average Bonchev–Trinajstić information content (AvgIpc) is 2.30. The van der Waals surface area contributed by atoms with E-state index in [2.05, 4.69) is 6.92 Å². The summed E-state index contributed by atoms with van der Waals surface area (Å²) >= 11 is 1.89. The molecule has 0 aromatic carbocycles. The molecule has 0 rings (SSSR count). The minimum absolute atomic E-state index is 0.123. The smallest absolute Gasteiger partial charge is 0.181 e. The highest BCUT2D eigenvalue weighted by atomic mass is 32.2. The second-order valence-corrected chi connectivity index (χ2v) is 5.32. The minimum Gasteiger partial charge on any atom is -0.481 e. The highest BCUT2D eigenvalue weighted by Gasteiger charge is 2.03. The van der Waals surface area contributed by atoms with E-state index in [0.29, 0.717) is 18.9 Å². The second-order valence-electron chi connectivity index (χ2n) is 4.09. The molecule has 0 aromatic heterocycles. The zero-order valence-electron chi connectivity index (χ0n) is 10.5. The largest absolute Gasteiger partial charge is 0.481 e. The quantitative estimate of drug-likeness (QED) is 0.354. The Morgan fingerprint density at radius 2 is 2.12 bits per heavy atom. The number of aliphatic hydroxyl groups excluding tert-OH is 1. The molecule has 0 bridgehead atoms. The molecule has 0 amide bonds. The molecule has 0 heterocycles. The number of nitrogens with one attached hydrogen (secondary N) is 1. The molecule has 0 aliphatic heterocycles. The van der Waals surface area contributed by atoms with Crippen LogP contribution in [0.3, 0.4) is 0 Å². The molecule has 0 aliphatic rings. The summed E-state index contributed by atoms with van der Waals surface area (Å²) in [6.45, 7) is 4.69. The van der Waals surface area contributed by atoms with Gasteiger partial charge in [0, 0.05) is 24.7 Å². The highest BCUT2D eigenvalue weighted by Crippen LogP contribution is 2.08. The van der Waals surface area contributed by atoms with E-state index in [-0.39, 0.29) is 12.5 Å². The van der Waals surface area contributed by atoms with E-state index in [1.54, 1.807) is 0 Å². The average molecular weight is 247 g/mol. The maximum atomic E-state index is 8.79. The van der Waals surface area contributed by atoms with Crippen LogP contribution in [0.5, 0.6) is 0 Å². The summed E-state index contributed by atoms with van der Waals surface area (Å²) in [5.74, 6) is 2.63. The summed E-state index contributed by atoms with van der Waals surface area (Å²) in [5, 5.41) is 16.3. The van der Waals surface area contributed by atoms with Crippen molar-refractivity contribution in [2.45, 2.75) is 39.5 Å². The number of hydrogen-bond donors (Lipinski definition) is 2. The summed E-state index contributed by atoms with van der Waals surface area (Å²) in [4.78, 5) is 0. The summed E-state index contributed by atoms with van der Waals surface area (Å²) in [6.07, 6.45) is 4.54. The maximum Gasteiger partial charge on any atom is 0.181 e. The third-order valence-corrected chi connectivity index (χ3v) is 3.29. The van der Waals surface area contributed by atoms with Gasteiger partial charge in [-0.15, -0.1) is 0 Å².